The molecule has 19 heavy (non-hydrogen) atoms. The summed E-state index contributed by atoms with van der Waals surface area (Å²) in [4.78, 5) is 24.8. The molecule has 1 atom stereocenters. The van der Waals surface area contributed by atoms with E-state index in [0.29, 0.717) is 39.0 Å². The monoisotopic (exact) mass is 289 g/mol. The first-order valence-corrected chi connectivity index (χ1v) is 8.11. The first-order chi connectivity index (χ1) is 8.94. The Bertz CT molecular complexity index is 468. The van der Waals surface area contributed by atoms with Crippen LogP contribution in [-0.2, 0) is 19.6 Å². The molecule has 0 spiro atoms. The van der Waals surface area contributed by atoms with E-state index in [1.807, 2.05) is 0 Å². The zero-order valence-electron chi connectivity index (χ0n) is 11.0. The van der Waals surface area contributed by atoms with Crippen LogP contribution in [0.15, 0.2) is 0 Å². The van der Waals surface area contributed by atoms with E-state index in [4.69, 9.17) is 0 Å². The zero-order chi connectivity index (χ0) is 14.0. The van der Waals surface area contributed by atoms with Gasteiger partial charge in [0.2, 0.25) is 21.8 Å². The fourth-order valence-corrected chi connectivity index (χ4v) is 3.47. The van der Waals surface area contributed by atoms with Gasteiger partial charge in [0.15, 0.2) is 0 Å². The summed E-state index contributed by atoms with van der Waals surface area (Å²) < 4.78 is 24.8. The molecule has 0 saturated carbocycles. The van der Waals surface area contributed by atoms with Crippen LogP contribution in [0, 0.1) is 0 Å². The molecule has 7 nitrogen and oxygen atoms in total. The maximum Gasteiger partial charge on any atom is 0.245 e. The first-order valence-electron chi connectivity index (χ1n) is 6.50. The van der Waals surface area contributed by atoms with Crippen LogP contribution in [0.2, 0.25) is 0 Å². The molecule has 2 aliphatic heterocycles. The van der Waals surface area contributed by atoms with E-state index in [-0.39, 0.29) is 17.6 Å². The van der Waals surface area contributed by atoms with E-state index in [9.17, 15) is 18.0 Å². The van der Waals surface area contributed by atoms with E-state index in [1.165, 1.54) is 4.31 Å². The smallest absolute Gasteiger partial charge is 0.245 e. The molecular formula is C11H19N3O4S. The van der Waals surface area contributed by atoms with Crippen LogP contribution in [-0.4, -0.2) is 67.4 Å². The van der Waals surface area contributed by atoms with Gasteiger partial charge in [-0.2, -0.15) is 4.31 Å². The van der Waals surface area contributed by atoms with E-state index < -0.39 is 16.1 Å². The van der Waals surface area contributed by atoms with Gasteiger partial charge in [0.25, 0.3) is 0 Å². The molecule has 108 valence electrons. The zero-order valence-corrected chi connectivity index (χ0v) is 11.8. The van der Waals surface area contributed by atoms with Crippen molar-refractivity contribution in [2.45, 2.75) is 25.8 Å². The van der Waals surface area contributed by atoms with Gasteiger partial charge in [-0.25, -0.2) is 8.42 Å². The second-order valence-corrected chi connectivity index (χ2v) is 7.04. The Morgan fingerprint density at radius 2 is 1.95 bits per heavy atom. The summed E-state index contributed by atoms with van der Waals surface area (Å²) in [6.07, 6.45) is 0.922. The summed E-state index contributed by atoms with van der Waals surface area (Å²) in [6, 6.07) is -0.429. The van der Waals surface area contributed by atoms with Gasteiger partial charge in [-0.05, 0) is 13.3 Å². The molecule has 1 unspecified atom stereocenters. The maximum atomic E-state index is 12.1. The molecule has 0 aromatic carbocycles. The minimum atomic E-state index is -3.17. The number of piperazine rings is 1. The highest BCUT2D eigenvalue weighted by Gasteiger charge is 2.33. The van der Waals surface area contributed by atoms with E-state index in [0.717, 1.165) is 0 Å². The molecule has 2 rings (SSSR count). The van der Waals surface area contributed by atoms with E-state index in [1.54, 1.807) is 11.8 Å². The van der Waals surface area contributed by atoms with Crippen molar-refractivity contribution in [3.8, 4) is 0 Å². The highest BCUT2D eigenvalue weighted by Crippen LogP contribution is 2.13. The lowest BCUT2D eigenvalue weighted by atomic mass is 10.2. The molecule has 8 heteroatoms. The lowest BCUT2D eigenvalue weighted by Crippen LogP contribution is -2.54. The Morgan fingerprint density at radius 1 is 1.32 bits per heavy atom. The number of rotatable bonds is 3. The standard InChI is InChI=1S/C11H19N3O4S/c1-2-19(17,18)14-7-5-13(6-8-14)11(16)9-3-4-10(15)12-9/h9H,2-8H2,1H3,(H,12,15). The number of carbonyl (C=O) groups is 2. The fraction of sp³-hybridized carbons (Fsp3) is 0.818. The fourth-order valence-electron chi connectivity index (χ4n) is 2.39. The summed E-state index contributed by atoms with van der Waals surface area (Å²) >= 11 is 0. The van der Waals surface area contributed by atoms with Crippen molar-refractivity contribution in [3.05, 3.63) is 0 Å². The second kappa shape index (κ2) is 5.46. The number of hydrogen-bond acceptors (Lipinski definition) is 4. The molecule has 0 bridgehead atoms. The maximum absolute atomic E-state index is 12.1. The van der Waals surface area contributed by atoms with Crippen LogP contribution in [0.25, 0.3) is 0 Å². The number of hydrogen-bond donors (Lipinski definition) is 1. The molecule has 0 aromatic rings. The Morgan fingerprint density at radius 3 is 2.42 bits per heavy atom. The number of amides is 2. The van der Waals surface area contributed by atoms with Crippen molar-refractivity contribution in [2.24, 2.45) is 0 Å². The summed E-state index contributed by atoms with van der Waals surface area (Å²) in [5.74, 6) is -0.107. The van der Waals surface area contributed by atoms with Crippen molar-refractivity contribution in [3.63, 3.8) is 0 Å². The Labute approximate surface area is 113 Å². The van der Waals surface area contributed by atoms with Gasteiger partial charge >= 0.3 is 0 Å². The van der Waals surface area contributed by atoms with Crippen molar-refractivity contribution >= 4 is 21.8 Å². The average Bonchev–Trinajstić information content (AvgIpc) is 2.85. The van der Waals surface area contributed by atoms with Gasteiger partial charge < -0.3 is 10.2 Å². The van der Waals surface area contributed by atoms with Crippen LogP contribution in [0.5, 0.6) is 0 Å². The van der Waals surface area contributed by atoms with Crippen molar-refractivity contribution in [2.75, 3.05) is 31.9 Å². The molecule has 0 aromatic heterocycles. The van der Waals surface area contributed by atoms with Crippen molar-refractivity contribution in [1.29, 1.82) is 0 Å². The van der Waals surface area contributed by atoms with Crippen LogP contribution < -0.4 is 5.32 Å². The minimum absolute atomic E-state index is 0.0830. The topological polar surface area (TPSA) is 86.8 Å². The number of carbonyl (C=O) groups excluding carboxylic acids is 2. The van der Waals surface area contributed by atoms with Crippen LogP contribution in [0.4, 0.5) is 0 Å². The van der Waals surface area contributed by atoms with Gasteiger partial charge in [-0.3, -0.25) is 9.59 Å². The summed E-state index contributed by atoms with van der Waals surface area (Å²) in [6.45, 7) is 3.07. The third-order valence-electron chi connectivity index (χ3n) is 3.60. The van der Waals surface area contributed by atoms with Crippen molar-refractivity contribution < 1.29 is 18.0 Å². The molecule has 2 amide bonds. The van der Waals surface area contributed by atoms with Gasteiger partial charge in [0, 0.05) is 32.6 Å². The van der Waals surface area contributed by atoms with Gasteiger partial charge in [-0.15, -0.1) is 0 Å². The predicted molar refractivity (Wildman–Crippen MR) is 68.8 cm³/mol. The van der Waals surface area contributed by atoms with Crippen LogP contribution in [0.3, 0.4) is 0 Å². The van der Waals surface area contributed by atoms with Gasteiger partial charge in [0.1, 0.15) is 6.04 Å². The van der Waals surface area contributed by atoms with Gasteiger partial charge in [0.05, 0.1) is 5.75 Å². The quantitative estimate of drug-likeness (QED) is 0.704. The minimum Gasteiger partial charge on any atom is -0.344 e. The number of sulfonamides is 1. The van der Waals surface area contributed by atoms with Crippen molar-refractivity contribution in [1.82, 2.24) is 14.5 Å². The molecule has 0 radical (unpaired) electrons. The Hall–Kier alpha value is -1.15. The molecule has 2 saturated heterocycles. The normalized spacial score (nSPS) is 25.4. The molecular weight excluding hydrogens is 270 g/mol. The summed E-state index contributed by atoms with van der Waals surface area (Å²) in [5, 5.41) is 2.64. The molecule has 2 fully saturated rings. The predicted octanol–water partition coefficient (Wildman–Crippen LogP) is -1.24. The molecule has 0 aliphatic carbocycles. The van der Waals surface area contributed by atoms with Crippen LogP contribution >= 0.6 is 0 Å². The lowest BCUT2D eigenvalue weighted by molar-refractivity contribution is -0.135. The number of nitrogens with zero attached hydrogens (tertiary/aromatic N) is 2. The third kappa shape index (κ3) is 3.06. The van der Waals surface area contributed by atoms with E-state index >= 15 is 0 Å². The van der Waals surface area contributed by atoms with E-state index in [2.05, 4.69) is 5.32 Å². The third-order valence-corrected chi connectivity index (χ3v) is 5.48. The van der Waals surface area contributed by atoms with Gasteiger partial charge in [-0.1, -0.05) is 0 Å². The number of nitrogens with one attached hydrogen (secondary N) is 1. The molecule has 2 heterocycles. The highest BCUT2D eigenvalue weighted by atomic mass is 32.2. The largest absolute Gasteiger partial charge is 0.344 e. The summed E-state index contributed by atoms with van der Waals surface area (Å²) in [7, 11) is -3.17. The Balaban J connectivity index is 1.90. The highest BCUT2D eigenvalue weighted by molar-refractivity contribution is 7.89. The molecule has 1 N–H and O–H groups in total. The SMILES string of the molecule is CCS(=O)(=O)N1CCN(C(=O)C2CCC(=O)N2)CC1. The lowest BCUT2D eigenvalue weighted by Gasteiger charge is -2.35. The first kappa shape index (κ1) is 14.3. The second-order valence-electron chi connectivity index (χ2n) is 4.78. The Kier molecular flexibility index (Phi) is 4.10. The van der Waals surface area contributed by atoms with Crippen LogP contribution in [0.1, 0.15) is 19.8 Å². The summed E-state index contributed by atoms with van der Waals surface area (Å²) in [5.41, 5.74) is 0. The molecule has 2 aliphatic rings. The average molecular weight is 289 g/mol.